The molecule has 0 saturated heterocycles. The van der Waals surface area contributed by atoms with Crippen LogP contribution in [-0.4, -0.2) is 4.98 Å². The molecule has 0 atom stereocenters. The molecular formula is C16H18ClFN2O. The number of rotatable bonds is 6. The molecule has 1 rings (SSSR count). The Labute approximate surface area is 129 Å². The van der Waals surface area contributed by atoms with Gasteiger partial charge < -0.3 is 10.5 Å². The van der Waals surface area contributed by atoms with Gasteiger partial charge in [-0.3, -0.25) is 0 Å². The van der Waals surface area contributed by atoms with Crippen molar-refractivity contribution in [2.24, 2.45) is 0 Å². The fourth-order valence-corrected chi connectivity index (χ4v) is 1.59. The summed E-state index contributed by atoms with van der Waals surface area (Å²) in [4.78, 5) is 3.93. The average molecular weight is 309 g/mol. The Bertz CT molecular complexity index is 602. The number of allylic oxidation sites excluding steroid dienone is 6. The minimum atomic E-state index is -0.348. The van der Waals surface area contributed by atoms with Crippen molar-refractivity contribution < 1.29 is 9.13 Å². The Morgan fingerprint density at radius 1 is 1.52 bits per heavy atom. The predicted octanol–water partition coefficient (Wildman–Crippen LogP) is 4.64. The lowest BCUT2D eigenvalue weighted by atomic mass is 10.1. The molecule has 0 aliphatic heterocycles. The van der Waals surface area contributed by atoms with Crippen LogP contribution < -0.4 is 5.73 Å². The quantitative estimate of drug-likeness (QED) is 0.615. The van der Waals surface area contributed by atoms with E-state index >= 15 is 0 Å². The summed E-state index contributed by atoms with van der Waals surface area (Å²) in [7, 11) is 0. The first-order valence-electron chi connectivity index (χ1n) is 6.34. The molecule has 112 valence electrons. The summed E-state index contributed by atoms with van der Waals surface area (Å²) in [6.07, 6.45) is 6.62. The molecule has 0 aliphatic carbocycles. The molecule has 0 unspecified atom stereocenters. The van der Waals surface area contributed by atoms with Gasteiger partial charge in [-0.2, -0.15) is 0 Å². The molecule has 3 nitrogen and oxygen atoms in total. The predicted molar refractivity (Wildman–Crippen MR) is 85.1 cm³/mol. The van der Waals surface area contributed by atoms with E-state index in [0.717, 1.165) is 5.56 Å². The first kappa shape index (κ1) is 17.0. The lowest BCUT2D eigenvalue weighted by molar-refractivity contribution is 0.310. The van der Waals surface area contributed by atoms with Gasteiger partial charge >= 0.3 is 0 Å². The third kappa shape index (κ3) is 6.27. The second-order valence-corrected chi connectivity index (χ2v) is 4.72. The van der Waals surface area contributed by atoms with Crippen LogP contribution in [0.2, 0.25) is 0 Å². The Hall–Kier alpha value is -2.07. The maximum Gasteiger partial charge on any atom is 0.138 e. The van der Waals surface area contributed by atoms with Crippen LogP contribution in [-0.2, 0) is 11.2 Å². The minimum absolute atomic E-state index is 0.237. The molecule has 0 radical (unpaired) electrons. The highest BCUT2D eigenvalue weighted by molar-refractivity contribution is 6.31. The van der Waals surface area contributed by atoms with Crippen molar-refractivity contribution in [1.29, 1.82) is 0 Å². The molecular weight excluding hydrogens is 291 g/mol. The first-order chi connectivity index (χ1) is 9.92. The summed E-state index contributed by atoms with van der Waals surface area (Å²) < 4.78 is 18.2. The molecule has 0 aliphatic rings. The standard InChI is InChI=1S/C16H18ClFN2O/c1-4-14(9-13-7-8-20-16(19)10-13)21-12(3)15(17)6-5-11(2)18/h4-8,10H,3,9H2,1-2H3,(H2,19,20). The summed E-state index contributed by atoms with van der Waals surface area (Å²) in [6, 6.07) is 3.61. The fourth-order valence-electron chi connectivity index (χ4n) is 1.49. The molecule has 0 fully saturated rings. The average Bonchev–Trinajstić information content (AvgIpc) is 2.43. The van der Waals surface area contributed by atoms with Crippen LogP contribution in [0.25, 0.3) is 0 Å². The van der Waals surface area contributed by atoms with Crippen LogP contribution >= 0.6 is 11.6 Å². The smallest absolute Gasteiger partial charge is 0.138 e. The van der Waals surface area contributed by atoms with Crippen molar-refractivity contribution in [3.05, 3.63) is 71.1 Å². The zero-order valence-corrected chi connectivity index (χ0v) is 12.8. The van der Waals surface area contributed by atoms with Gasteiger partial charge in [0.05, 0.1) is 10.9 Å². The molecule has 21 heavy (non-hydrogen) atoms. The van der Waals surface area contributed by atoms with Gasteiger partial charge in [0.15, 0.2) is 0 Å². The number of hydrogen-bond acceptors (Lipinski definition) is 3. The van der Waals surface area contributed by atoms with Gasteiger partial charge in [-0.05, 0) is 49.8 Å². The lowest BCUT2D eigenvalue weighted by Gasteiger charge is -2.11. The van der Waals surface area contributed by atoms with Gasteiger partial charge in [-0.15, -0.1) is 0 Å². The third-order valence-electron chi connectivity index (χ3n) is 2.53. The number of nitrogen functional groups attached to an aromatic ring is 1. The van der Waals surface area contributed by atoms with Crippen molar-refractivity contribution in [3.63, 3.8) is 0 Å². The summed E-state index contributed by atoms with van der Waals surface area (Å²) in [6.45, 7) is 6.90. The van der Waals surface area contributed by atoms with Gasteiger partial charge in [0.25, 0.3) is 0 Å². The van der Waals surface area contributed by atoms with E-state index in [1.165, 1.54) is 19.1 Å². The second kappa shape index (κ2) is 8.27. The fraction of sp³-hybridized carbons (Fsp3) is 0.188. The maximum atomic E-state index is 12.6. The van der Waals surface area contributed by atoms with E-state index in [-0.39, 0.29) is 16.6 Å². The van der Waals surface area contributed by atoms with Crippen molar-refractivity contribution in [1.82, 2.24) is 4.98 Å². The topological polar surface area (TPSA) is 48.1 Å². The number of aromatic nitrogens is 1. The first-order valence-corrected chi connectivity index (χ1v) is 6.72. The van der Waals surface area contributed by atoms with E-state index in [9.17, 15) is 4.39 Å². The number of hydrogen-bond donors (Lipinski definition) is 1. The molecule has 0 bridgehead atoms. The van der Waals surface area contributed by atoms with Crippen LogP contribution in [0.3, 0.4) is 0 Å². The maximum absolute atomic E-state index is 12.6. The van der Waals surface area contributed by atoms with Crippen molar-refractivity contribution in [3.8, 4) is 0 Å². The lowest BCUT2D eigenvalue weighted by Crippen LogP contribution is -1.99. The molecule has 1 heterocycles. The molecule has 0 spiro atoms. The zero-order valence-electron chi connectivity index (χ0n) is 12.1. The van der Waals surface area contributed by atoms with E-state index in [0.29, 0.717) is 18.0 Å². The number of nitrogens with zero attached hydrogens (tertiary/aromatic N) is 1. The van der Waals surface area contributed by atoms with E-state index in [1.54, 1.807) is 12.3 Å². The monoisotopic (exact) mass is 308 g/mol. The third-order valence-corrected chi connectivity index (χ3v) is 2.86. The molecule has 1 aromatic heterocycles. The molecule has 0 aromatic carbocycles. The molecule has 1 aromatic rings. The Morgan fingerprint density at radius 3 is 2.81 bits per heavy atom. The van der Waals surface area contributed by atoms with Crippen molar-refractivity contribution >= 4 is 17.4 Å². The van der Waals surface area contributed by atoms with Gasteiger partial charge in [0, 0.05) is 12.6 Å². The van der Waals surface area contributed by atoms with E-state index in [1.807, 2.05) is 19.1 Å². The van der Waals surface area contributed by atoms with Crippen molar-refractivity contribution in [2.75, 3.05) is 5.73 Å². The summed E-state index contributed by atoms with van der Waals surface area (Å²) >= 11 is 5.97. The second-order valence-electron chi connectivity index (χ2n) is 4.31. The van der Waals surface area contributed by atoms with E-state index in [2.05, 4.69) is 11.6 Å². The molecule has 2 N–H and O–H groups in total. The van der Waals surface area contributed by atoms with Gasteiger partial charge in [-0.1, -0.05) is 18.2 Å². The van der Waals surface area contributed by atoms with Crippen molar-refractivity contribution in [2.45, 2.75) is 20.3 Å². The summed E-state index contributed by atoms with van der Waals surface area (Å²) in [5, 5.41) is 0.237. The SMILES string of the molecule is C=C(OC(=CC)Cc1ccnc(N)c1)C(Cl)=CC=C(C)F. The van der Waals surface area contributed by atoms with Gasteiger partial charge in [0.1, 0.15) is 17.3 Å². The normalized spacial score (nSPS) is 13.2. The van der Waals surface area contributed by atoms with Crippen LogP contribution in [0.5, 0.6) is 0 Å². The van der Waals surface area contributed by atoms with Crippen LogP contribution in [0.1, 0.15) is 19.4 Å². The molecule has 0 saturated carbocycles. The van der Waals surface area contributed by atoms with E-state index < -0.39 is 0 Å². The number of halogens is 2. The molecule has 0 amide bonds. The Kier molecular flexibility index (Phi) is 6.69. The highest BCUT2D eigenvalue weighted by atomic mass is 35.5. The highest BCUT2D eigenvalue weighted by Gasteiger charge is 2.06. The highest BCUT2D eigenvalue weighted by Crippen LogP contribution is 2.20. The van der Waals surface area contributed by atoms with Crippen LogP contribution in [0.15, 0.2) is 65.5 Å². The Morgan fingerprint density at radius 2 is 2.24 bits per heavy atom. The summed E-state index contributed by atoms with van der Waals surface area (Å²) in [5.41, 5.74) is 6.59. The number of nitrogens with two attached hydrogens (primary N) is 1. The number of pyridine rings is 1. The number of ether oxygens (including phenoxy) is 1. The van der Waals surface area contributed by atoms with Gasteiger partial charge in [-0.25, -0.2) is 9.37 Å². The Balaban J connectivity index is 2.73. The largest absolute Gasteiger partial charge is 0.461 e. The van der Waals surface area contributed by atoms with Gasteiger partial charge in [0.2, 0.25) is 0 Å². The van der Waals surface area contributed by atoms with E-state index in [4.69, 9.17) is 22.1 Å². The zero-order chi connectivity index (χ0) is 15.8. The number of anilines is 1. The minimum Gasteiger partial charge on any atom is -0.461 e. The van der Waals surface area contributed by atoms with Crippen LogP contribution in [0, 0.1) is 0 Å². The summed E-state index contributed by atoms with van der Waals surface area (Å²) in [5.74, 6) is 1.02. The van der Waals surface area contributed by atoms with Crippen LogP contribution in [0.4, 0.5) is 10.2 Å². The molecule has 5 heteroatoms.